The summed E-state index contributed by atoms with van der Waals surface area (Å²) in [6.07, 6.45) is 4.48. The second kappa shape index (κ2) is 4.89. The van der Waals surface area contributed by atoms with Crippen LogP contribution in [0.1, 0.15) is 50.7 Å². The highest BCUT2D eigenvalue weighted by molar-refractivity contribution is 7.09. The summed E-state index contributed by atoms with van der Waals surface area (Å²) in [6.45, 7) is 6.35. The van der Waals surface area contributed by atoms with Crippen molar-refractivity contribution in [3.63, 3.8) is 0 Å². The highest BCUT2D eigenvalue weighted by atomic mass is 32.1. The first kappa shape index (κ1) is 11.7. The van der Waals surface area contributed by atoms with Crippen molar-refractivity contribution in [3.05, 3.63) is 16.1 Å². The molecule has 14 heavy (non-hydrogen) atoms. The molecule has 0 fully saturated rings. The van der Waals surface area contributed by atoms with E-state index in [-0.39, 0.29) is 5.54 Å². The molecule has 2 N–H and O–H groups in total. The number of thiazole rings is 1. The monoisotopic (exact) mass is 212 g/mol. The van der Waals surface area contributed by atoms with Crippen LogP contribution in [0.25, 0.3) is 0 Å². The molecule has 0 aliphatic carbocycles. The van der Waals surface area contributed by atoms with Crippen molar-refractivity contribution in [3.8, 4) is 0 Å². The molecule has 1 unspecified atom stereocenters. The van der Waals surface area contributed by atoms with E-state index < -0.39 is 0 Å². The van der Waals surface area contributed by atoms with Gasteiger partial charge in [-0.2, -0.15) is 0 Å². The molecular weight excluding hydrogens is 192 g/mol. The lowest BCUT2D eigenvalue weighted by molar-refractivity contribution is 0.463. The molecule has 1 atom stereocenters. The van der Waals surface area contributed by atoms with Gasteiger partial charge < -0.3 is 5.73 Å². The van der Waals surface area contributed by atoms with Gasteiger partial charge in [0.2, 0.25) is 0 Å². The molecule has 0 radical (unpaired) electrons. The molecular formula is C11H20N2S. The van der Waals surface area contributed by atoms with Crippen molar-refractivity contribution < 1.29 is 0 Å². The van der Waals surface area contributed by atoms with Crippen molar-refractivity contribution in [1.82, 2.24) is 4.98 Å². The number of aryl methyl sites for hydroxylation is 1. The number of unbranched alkanes of at least 4 members (excludes halogenated alkanes) is 1. The molecule has 0 aliphatic rings. The third-order valence-electron chi connectivity index (χ3n) is 2.62. The Morgan fingerprint density at radius 3 is 2.79 bits per heavy atom. The van der Waals surface area contributed by atoms with E-state index in [9.17, 15) is 0 Å². The lowest BCUT2D eigenvalue weighted by Gasteiger charge is -2.19. The molecule has 1 aromatic heterocycles. The number of aromatic nitrogens is 1. The van der Waals surface area contributed by atoms with Crippen molar-refractivity contribution in [2.45, 2.75) is 52.0 Å². The summed E-state index contributed by atoms with van der Waals surface area (Å²) in [5, 5.41) is 3.33. The molecule has 80 valence electrons. The summed E-state index contributed by atoms with van der Waals surface area (Å²) in [4.78, 5) is 4.58. The van der Waals surface area contributed by atoms with Crippen LogP contribution in [0, 0.1) is 0 Å². The first-order valence-electron chi connectivity index (χ1n) is 5.34. The number of nitrogens with zero attached hydrogens (tertiary/aromatic N) is 1. The van der Waals surface area contributed by atoms with E-state index >= 15 is 0 Å². The van der Waals surface area contributed by atoms with Crippen LogP contribution in [0.15, 0.2) is 5.38 Å². The average Bonchev–Trinajstić information content (AvgIpc) is 2.63. The van der Waals surface area contributed by atoms with Crippen LogP contribution in [0.3, 0.4) is 0 Å². The zero-order valence-corrected chi connectivity index (χ0v) is 10.2. The Labute approximate surface area is 90.6 Å². The molecule has 3 heteroatoms. The number of hydrogen-bond acceptors (Lipinski definition) is 3. The summed E-state index contributed by atoms with van der Waals surface area (Å²) < 4.78 is 0. The van der Waals surface area contributed by atoms with Gasteiger partial charge in [0.15, 0.2) is 0 Å². The summed E-state index contributed by atoms with van der Waals surface area (Å²) in [5.41, 5.74) is 6.93. The van der Waals surface area contributed by atoms with Crippen LogP contribution in [-0.2, 0) is 12.0 Å². The number of hydrogen-bond donors (Lipinski definition) is 1. The number of rotatable bonds is 5. The first-order valence-corrected chi connectivity index (χ1v) is 6.22. The standard InChI is InChI=1S/C11H20N2S/c1-4-6-7-10-13-9(8-14-10)11(3,12)5-2/h8H,4-7,12H2,1-3H3. The van der Waals surface area contributed by atoms with E-state index in [0.29, 0.717) is 0 Å². The third-order valence-corrected chi connectivity index (χ3v) is 3.52. The molecule has 1 aromatic rings. The van der Waals surface area contributed by atoms with Crippen LogP contribution >= 0.6 is 11.3 Å². The van der Waals surface area contributed by atoms with E-state index in [1.807, 2.05) is 6.92 Å². The maximum atomic E-state index is 6.12. The maximum Gasteiger partial charge on any atom is 0.0929 e. The minimum absolute atomic E-state index is 0.249. The van der Waals surface area contributed by atoms with Crippen LogP contribution < -0.4 is 5.73 Å². The Morgan fingerprint density at radius 1 is 1.50 bits per heavy atom. The van der Waals surface area contributed by atoms with Gasteiger partial charge in [-0.25, -0.2) is 4.98 Å². The number of nitrogens with two attached hydrogens (primary N) is 1. The fourth-order valence-electron chi connectivity index (χ4n) is 1.20. The van der Waals surface area contributed by atoms with Crippen LogP contribution in [0.4, 0.5) is 0 Å². The zero-order valence-electron chi connectivity index (χ0n) is 9.34. The highest BCUT2D eigenvalue weighted by Gasteiger charge is 2.21. The van der Waals surface area contributed by atoms with Gasteiger partial charge in [-0.15, -0.1) is 11.3 Å². The van der Waals surface area contributed by atoms with Crippen LogP contribution in [0.5, 0.6) is 0 Å². The Hall–Kier alpha value is -0.410. The van der Waals surface area contributed by atoms with Gasteiger partial charge in [0.1, 0.15) is 0 Å². The van der Waals surface area contributed by atoms with Crippen molar-refractivity contribution in [1.29, 1.82) is 0 Å². The van der Waals surface area contributed by atoms with Crippen molar-refractivity contribution in [2.24, 2.45) is 5.73 Å². The lowest BCUT2D eigenvalue weighted by atomic mass is 9.97. The minimum atomic E-state index is -0.249. The predicted octanol–water partition coefficient (Wildman–Crippen LogP) is 3.07. The summed E-state index contributed by atoms with van der Waals surface area (Å²) >= 11 is 1.74. The molecule has 0 saturated heterocycles. The topological polar surface area (TPSA) is 38.9 Å². The van der Waals surface area contributed by atoms with E-state index in [0.717, 1.165) is 18.5 Å². The second-order valence-corrected chi connectivity index (χ2v) is 4.94. The SMILES string of the molecule is CCCCc1nc(C(C)(N)CC)cs1. The molecule has 0 aliphatic heterocycles. The average molecular weight is 212 g/mol. The van der Waals surface area contributed by atoms with E-state index in [4.69, 9.17) is 5.73 Å². The molecule has 2 nitrogen and oxygen atoms in total. The van der Waals surface area contributed by atoms with Crippen molar-refractivity contribution in [2.75, 3.05) is 0 Å². The van der Waals surface area contributed by atoms with Gasteiger partial charge in [-0.1, -0.05) is 20.3 Å². The largest absolute Gasteiger partial charge is 0.320 e. The second-order valence-electron chi connectivity index (χ2n) is 4.00. The molecule has 0 bridgehead atoms. The maximum absolute atomic E-state index is 6.12. The fourth-order valence-corrected chi connectivity index (χ4v) is 2.18. The van der Waals surface area contributed by atoms with Crippen LogP contribution in [0.2, 0.25) is 0 Å². The highest BCUT2D eigenvalue weighted by Crippen LogP contribution is 2.23. The Morgan fingerprint density at radius 2 is 2.21 bits per heavy atom. The summed E-state index contributed by atoms with van der Waals surface area (Å²) in [5.74, 6) is 0. The van der Waals surface area contributed by atoms with Gasteiger partial charge in [0, 0.05) is 5.38 Å². The minimum Gasteiger partial charge on any atom is -0.320 e. The van der Waals surface area contributed by atoms with Gasteiger partial charge in [-0.3, -0.25) is 0 Å². The van der Waals surface area contributed by atoms with E-state index in [1.54, 1.807) is 11.3 Å². The molecule has 1 heterocycles. The molecule has 1 rings (SSSR count). The Balaban J connectivity index is 2.67. The molecule has 0 aromatic carbocycles. The van der Waals surface area contributed by atoms with Gasteiger partial charge >= 0.3 is 0 Å². The fraction of sp³-hybridized carbons (Fsp3) is 0.727. The molecule has 0 amide bonds. The van der Waals surface area contributed by atoms with Gasteiger partial charge in [-0.05, 0) is 26.2 Å². The summed E-state index contributed by atoms with van der Waals surface area (Å²) in [7, 11) is 0. The van der Waals surface area contributed by atoms with E-state index in [2.05, 4.69) is 24.2 Å². The van der Waals surface area contributed by atoms with Gasteiger partial charge in [0.25, 0.3) is 0 Å². The van der Waals surface area contributed by atoms with E-state index in [1.165, 1.54) is 17.8 Å². The third kappa shape index (κ3) is 2.79. The van der Waals surface area contributed by atoms with Crippen molar-refractivity contribution >= 4 is 11.3 Å². The quantitative estimate of drug-likeness (QED) is 0.814. The normalized spacial score (nSPS) is 15.4. The zero-order chi connectivity index (χ0) is 10.6. The Kier molecular flexibility index (Phi) is 4.08. The van der Waals surface area contributed by atoms with Gasteiger partial charge in [0.05, 0.1) is 16.2 Å². The molecule has 0 spiro atoms. The smallest absolute Gasteiger partial charge is 0.0929 e. The van der Waals surface area contributed by atoms with Crippen LogP contribution in [-0.4, -0.2) is 4.98 Å². The summed E-state index contributed by atoms with van der Waals surface area (Å²) in [6, 6.07) is 0. The lowest BCUT2D eigenvalue weighted by Crippen LogP contribution is -2.32. The predicted molar refractivity (Wildman–Crippen MR) is 62.6 cm³/mol. The molecule has 0 saturated carbocycles. The Bertz CT molecular complexity index is 279. The first-order chi connectivity index (χ1) is 6.60.